The highest BCUT2D eigenvalue weighted by atomic mass is 17.1. The van der Waals surface area contributed by atoms with Gasteiger partial charge in [0.15, 0.2) is 0 Å². The van der Waals surface area contributed by atoms with Gasteiger partial charge in [-0.2, -0.15) is 0 Å². The number of esters is 1. The van der Waals surface area contributed by atoms with Gasteiger partial charge in [-0.1, -0.05) is 0 Å². The maximum atomic E-state index is 12.1. The predicted molar refractivity (Wildman–Crippen MR) is 84.8 cm³/mol. The summed E-state index contributed by atoms with van der Waals surface area (Å²) in [5.74, 6) is -0.550. The van der Waals surface area contributed by atoms with Crippen molar-refractivity contribution in [3.05, 3.63) is 0 Å². The van der Waals surface area contributed by atoms with E-state index in [9.17, 15) is 9.59 Å². The second kappa shape index (κ2) is 14.4. The van der Waals surface area contributed by atoms with Crippen molar-refractivity contribution in [2.75, 3.05) is 46.2 Å². The SMILES string of the molecule is O=C(OCCOCCON(O)O)C1CCCN1C(=O)OCCCCON(O)O. The zero-order valence-electron chi connectivity index (χ0n) is 15.3. The molecule has 1 heterocycles. The molecular formula is C14H27N3O11. The van der Waals surface area contributed by atoms with Crippen molar-refractivity contribution in [3.8, 4) is 0 Å². The van der Waals surface area contributed by atoms with Crippen LogP contribution in [0.4, 0.5) is 4.79 Å². The number of unbranched alkanes of at least 4 members (excludes halogenated alkanes) is 1. The normalized spacial score (nSPS) is 16.8. The van der Waals surface area contributed by atoms with Gasteiger partial charge < -0.3 is 14.2 Å². The summed E-state index contributed by atoms with van der Waals surface area (Å²) in [6.45, 7) is 0.585. The summed E-state index contributed by atoms with van der Waals surface area (Å²) >= 11 is 0. The van der Waals surface area contributed by atoms with Gasteiger partial charge >= 0.3 is 12.1 Å². The fourth-order valence-electron chi connectivity index (χ4n) is 2.40. The first-order valence-electron chi connectivity index (χ1n) is 8.71. The molecule has 0 aromatic carbocycles. The molecule has 0 aromatic heterocycles. The molecule has 1 amide bonds. The van der Waals surface area contributed by atoms with Crippen LogP contribution in [0.25, 0.3) is 0 Å². The molecule has 4 N–H and O–H groups in total. The average molecular weight is 413 g/mol. The molecule has 14 nitrogen and oxygen atoms in total. The molecule has 1 rings (SSSR count). The first-order valence-corrected chi connectivity index (χ1v) is 8.71. The molecule has 0 spiro atoms. The number of ether oxygens (including phenoxy) is 3. The lowest BCUT2D eigenvalue weighted by Gasteiger charge is -2.22. The van der Waals surface area contributed by atoms with E-state index in [0.717, 1.165) is 0 Å². The fourth-order valence-corrected chi connectivity index (χ4v) is 2.40. The summed E-state index contributed by atoms with van der Waals surface area (Å²) < 4.78 is 15.3. The van der Waals surface area contributed by atoms with Crippen LogP contribution in [0.5, 0.6) is 0 Å². The van der Waals surface area contributed by atoms with Crippen LogP contribution in [-0.4, -0.2) is 101 Å². The van der Waals surface area contributed by atoms with Crippen molar-refractivity contribution in [2.24, 2.45) is 0 Å². The summed E-state index contributed by atoms with van der Waals surface area (Å²) in [5.41, 5.74) is 0. The van der Waals surface area contributed by atoms with E-state index in [1.807, 2.05) is 0 Å². The largest absolute Gasteiger partial charge is 0.462 e. The molecule has 1 saturated heterocycles. The highest BCUT2D eigenvalue weighted by Crippen LogP contribution is 2.19. The maximum absolute atomic E-state index is 12.1. The van der Waals surface area contributed by atoms with Crippen LogP contribution in [0.1, 0.15) is 25.7 Å². The van der Waals surface area contributed by atoms with Crippen molar-refractivity contribution >= 4 is 12.1 Å². The number of amides is 1. The van der Waals surface area contributed by atoms with Gasteiger partial charge in [0.05, 0.1) is 43.8 Å². The highest BCUT2D eigenvalue weighted by Gasteiger charge is 2.36. The van der Waals surface area contributed by atoms with E-state index in [1.54, 1.807) is 0 Å². The lowest BCUT2D eigenvalue weighted by atomic mass is 10.2. The van der Waals surface area contributed by atoms with E-state index in [-0.39, 0.29) is 45.0 Å². The van der Waals surface area contributed by atoms with E-state index in [2.05, 4.69) is 9.68 Å². The monoisotopic (exact) mass is 413 g/mol. The Morgan fingerprint density at radius 1 is 0.857 bits per heavy atom. The Labute approximate surface area is 161 Å². The van der Waals surface area contributed by atoms with E-state index in [4.69, 9.17) is 35.0 Å². The number of rotatable bonds is 14. The average Bonchev–Trinajstić information content (AvgIpc) is 3.13. The molecule has 14 heteroatoms. The van der Waals surface area contributed by atoms with Gasteiger partial charge in [-0.25, -0.2) is 14.4 Å². The number of carbonyl (C=O) groups excluding carboxylic acids is 2. The molecular weight excluding hydrogens is 386 g/mol. The quantitative estimate of drug-likeness (QED) is 0.170. The van der Waals surface area contributed by atoms with Gasteiger partial charge in [0, 0.05) is 6.54 Å². The maximum Gasteiger partial charge on any atom is 0.410 e. The first kappa shape index (κ1) is 24.4. The van der Waals surface area contributed by atoms with E-state index in [0.29, 0.717) is 32.2 Å². The Kier molecular flexibility index (Phi) is 12.5. The van der Waals surface area contributed by atoms with Gasteiger partial charge in [-0.3, -0.25) is 30.6 Å². The van der Waals surface area contributed by atoms with Gasteiger partial charge in [0.1, 0.15) is 12.6 Å². The minimum Gasteiger partial charge on any atom is -0.462 e. The Morgan fingerprint density at radius 3 is 2.21 bits per heavy atom. The minimum atomic E-state index is -0.714. The zero-order valence-corrected chi connectivity index (χ0v) is 15.3. The van der Waals surface area contributed by atoms with Gasteiger partial charge in [0.2, 0.25) is 0 Å². The third-order valence-corrected chi connectivity index (χ3v) is 3.64. The van der Waals surface area contributed by atoms with Crippen LogP contribution >= 0.6 is 0 Å². The van der Waals surface area contributed by atoms with Gasteiger partial charge in [-0.05, 0) is 25.7 Å². The second-order valence-electron chi connectivity index (χ2n) is 5.62. The van der Waals surface area contributed by atoms with Gasteiger partial charge in [0.25, 0.3) is 0 Å². The standard InChI is InChI=1S/C14H27N3O11/c18-13(25-10-8-24-9-11-28-17(22)23)12-4-3-5-15(12)14(19)26-6-1-2-7-27-16(20)21/h12,20-23H,1-11H2. The molecule has 0 radical (unpaired) electrons. The van der Waals surface area contributed by atoms with E-state index >= 15 is 0 Å². The Bertz CT molecular complexity index is 452. The number of likely N-dealkylation sites (tertiary alicyclic amines) is 1. The van der Waals surface area contributed by atoms with Crippen molar-refractivity contribution in [2.45, 2.75) is 31.7 Å². The van der Waals surface area contributed by atoms with Crippen molar-refractivity contribution in [1.82, 2.24) is 15.7 Å². The molecule has 1 aliphatic rings. The van der Waals surface area contributed by atoms with E-state index < -0.39 is 23.5 Å². The Balaban J connectivity index is 2.16. The van der Waals surface area contributed by atoms with Crippen LogP contribution in [-0.2, 0) is 28.7 Å². The van der Waals surface area contributed by atoms with Crippen molar-refractivity contribution in [1.29, 1.82) is 0 Å². The van der Waals surface area contributed by atoms with Crippen molar-refractivity contribution < 1.29 is 54.3 Å². The summed E-state index contributed by atoms with van der Waals surface area (Å²) in [6, 6.07) is -0.714. The smallest absolute Gasteiger partial charge is 0.410 e. The molecule has 28 heavy (non-hydrogen) atoms. The topological polar surface area (TPSA) is 171 Å². The summed E-state index contributed by atoms with van der Waals surface area (Å²) in [7, 11) is 0. The van der Waals surface area contributed by atoms with Crippen LogP contribution in [0.3, 0.4) is 0 Å². The lowest BCUT2D eigenvalue weighted by Crippen LogP contribution is -2.42. The molecule has 0 aromatic rings. The van der Waals surface area contributed by atoms with Crippen LogP contribution in [0, 0.1) is 0 Å². The molecule has 1 atom stereocenters. The van der Waals surface area contributed by atoms with Crippen LogP contribution < -0.4 is 0 Å². The summed E-state index contributed by atoms with van der Waals surface area (Å²) in [6.07, 6.45) is 1.40. The second-order valence-corrected chi connectivity index (χ2v) is 5.62. The highest BCUT2D eigenvalue weighted by molar-refractivity contribution is 5.82. The van der Waals surface area contributed by atoms with Crippen LogP contribution in [0.2, 0.25) is 0 Å². The third-order valence-electron chi connectivity index (χ3n) is 3.64. The fraction of sp³-hybridized carbons (Fsp3) is 0.857. The molecule has 164 valence electrons. The Hall–Kier alpha value is -1.62. The molecule has 1 aliphatic heterocycles. The van der Waals surface area contributed by atoms with Gasteiger partial charge in [-0.15, -0.1) is 0 Å². The number of hydrogen-bond acceptors (Lipinski definition) is 13. The van der Waals surface area contributed by atoms with E-state index in [1.165, 1.54) is 4.90 Å². The molecule has 0 aliphatic carbocycles. The number of carbonyl (C=O) groups is 2. The zero-order chi connectivity index (χ0) is 20.8. The minimum absolute atomic E-state index is 0.0209. The Morgan fingerprint density at radius 2 is 1.50 bits per heavy atom. The third kappa shape index (κ3) is 10.6. The number of hydrogen-bond donors (Lipinski definition) is 4. The van der Waals surface area contributed by atoms with Crippen LogP contribution in [0.15, 0.2) is 0 Å². The molecule has 0 bridgehead atoms. The molecule has 1 fully saturated rings. The predicted octanol–water partition coefficient (Wildman–Crippen LogP) is -0.0486. The molecule has 1 unspecified atom stereocenters. The molecule has 0 saturated carbocycles. The number of nitrogens with zero attached hydrogens (tertiary/aromatic N) is 3. The van der Waals surface area contributed by atoms with Crippen molar-refractivity contribution in [3.63, 3.8) is 0 Å². The first-order chi connectivity index (χ1) is 13.4. The summed E-state index contributed by atoms with van der Waals surface area (Å²) in [5, 5.41) is 32.5. The summed E-state index contributed by atoms with van der Waals surface area (Å²) in [4.78, 5) is 34.2. The lowest BCUT2D eigenvalue weighted by molar-refractivity contribution is -0.493.